The average Bonchev–Trinajstić information content (AvgIpc) is 2.83. The molecule has 1 aliphatic rings. The van der Waals surface area contributed by atoms with Crippen LogP contribution in [0.15, 0.2) is 36.9 Å². The molecule has 0 bridgehead atoms. The fraction of sp³-hybridized carbons (Fsp3) is 0.474. The lowest BCUT2D eigenvalue weighted by molar-refractivity contribution is 0.392. The van der Waals surface area contributed by atoms with Crippen LogP contribution in [0.25, 0.3) is 10.9 Å². The molecule has 1 aromatic heterocycles. The number of nitrogens with zero attached hydrogens (tertiary/aromatic N) is 2. The third-order valence-corrected chi connectivity index (χ3v) is 5.78. The van der Waals surface area contributed by atoms with Crippen LogP contribution in [0.1, 0.15) is 29.3 Å². The summed E-state index contributed by atoms with van der Waals surface area (Å²) in [6.07, 6.45) is 5.76. The maximum absolute atomic E-state index is 3.97. The van der Waals surface area contributed by atoms with Crippen molar-refractivity contribution in [2.45, 2.75) is 31.1 Å². The maximum atomic E-state index is 3.97. The molecule has 0 spiro atoms. The van der Waals surface area contributed by atoms with Gasteiger partial charge in [-0.15, -0.1) is 6.58 Å². The van der Waals surface area contributed by atoms with Crippen LogP contribution in [-0.2, 0) is 13.0 Å². The van der Waals surface area contributed by atoms with Gasteiger partial charge in [0.15, 0.2) is 0 Å². The first kappa shape index (κ1) is 15.7. The van der Waals surface area contributed by atoms with Crippen LogP contribution in [0.4, 0.5) is 0 Å². The second-order valence-corrected chi connectivity index (χ2v) is 7.65. The highest BCUT2D eigenvalue weighted by molar-refractivity contribution is 7.99. The topological polar surface area (TPSA) is 8.17 Å². The molecular formula is C19H26N2S. The number of rotatable bonds is 6. The normalized spacial score (nSPS) is 17.9. The van der Waals surface area contributed by atoms with Gasteiger partial charge in [0.05, 0.1) is 0 Å². The third-order valence-electron chi connectivity index (χ3n) is 4.48. The van der Waals surface area contributed by atoms with Crippen molar-refractivity contribution in [1.29, 1.82) is 0 Å². The minimum atomic E-state index is 0.635. The van der Waals surface area contributed by atoms with Crippen molar-refractivity contribution >= 4 is 22.7 Å². The lowest BCUT2D eigenvalue weighted by atomic mass is 10.0. The molecule has 1 aromatic carbocycles. The van der Waals surface area contributed by atoms with E-state index in [4.69, 9.17) is 0 Å². The molecule has 0 radical (unpaired) electrons. The van der Waals surface area contributed by atoms with Crippen molar-refractivity contribution in [3.8, 4) is 0 Å². The Labute approximate surface area is 138 Å². The summed E-state index contributed by atoms with van der Waals surface area (Å²) in [5, 5.41) is 2.09. The standard InChI is InChI=1S/C19H26N2S/c1-4-12-21-17-9-6-5-8-15(17)16-11-14-22-18(19(16)21)10-7-13-20(2)3/h4-6,8-9,18H,1,7,10-14H2,2-3H3. The Balaban J connectivity index is 1.98. The van der Waals surface area contributed by atoms with E-state index in [1.165, 1.54) is 42.5 Å². The highest BCUT2D eigenvalue weighted by Gasteiger charge is 2.27. The molecule has 1 aliphatic heterocycles. The summed E-state index contributed by atoms with van der Waals surface area (Å²) in [5.41, 5.74) is 4.54. The second-order valence-electron chi connectivity index (χ2n) is 6.34. The van der Waals surface area contributed by atoms with Crippen LogP contribution in [0.3, 0.4) is 0 Å². The molecule has 118 valence electrons. The van der Waals surface area contributed by atoms with E-state index in [2.05, 4.69) is 66.2 Å². The maximum Gasteiger partial charge on any atom is 0.0488 e. The number of aromatic nitrogens is 1. The largest absolute Gasteiger partial charge is 0.339 e. The van der Waals surface area contributed by atoms with Gasteiger partial charge in [0.25, 0.3) is 0 Å². The van der Waals surface area contributed by atoms with E-state index in [0.29, 0.717) is 5.25 Å². The summed E-state index contributed by atoms with van der Waals surface area (Å²) in [5.74, 6) is 1.25. The van der Waals surface area contributed by atoms with Gasteiger partial charge >= 0.3 is 0 Å². The van der Waals surface area contributed by atoms with Gasteiger partial charge in [0.2, 0.25) is 0 Å². The van der Waals surface area contributed by atoms with Crippen molar-refractivity contribution in [1.82, 2.24) is 9.47 Å². The summed E-state index contributed by atoms with van der Waals surface area (Å²) in [4.78, 5) is 2.29. The SMILES string of the molecule is C=CCn1c2c(c3ccccc31)CCSC2CCCN(C)C. The van der Waals surface area contributed by atoms with E-state index in [1.54, 1.807) is 11.3 Å². The zero-order valence-corrected chi connectivity index (χ0v) is 14.5. The van der Waals surface area contributed by atoms with Gasteiger partial charge in [0, 0.05) is 28.4 Å². The van der Waals surface area contributed by atoms with E-state index in [0.717, 1.165) is 6.54 Å². The van der Waals surface area contributed by atoms with Crippen molar-refractivity contribution in [2.75, 3.05) is 26.4 Å². The molecule has 0 N–H and O–H groups in total. The van der Waals surface area contributed by atoms with Crippen LogP contribution in [-0.4, -0.2) is 35.9 Å². The van der Waals surface area contributed by atoms with Gasteiger partial charge in [-0.25, -0.2) is 0 Å². The summed E-state index contributed by atoms with van der Waals surface area (Å²) in [6, 6.07) is 8.88. The number of aryl methyl sites for hydroxylation is 1. The highest BCUT2D eigenvalue weighted by atomic mass is 32.2. The lowest BCUT2D eigenvalue weighted by Crippen LogP contribution is -2.16. The summed E-state index contributed by atoms with van der Waals surface area (Å²) >= 11 is 2.14. The number of hydrogen-bond donors (Lipinski definition) is 0. The summed E-state index contributed by atoms with van der Waals surface area (Å²) in [6.45, 7) is 6.06. The van der Waals surface area contributed by atoms with Crippen molar-refractivity contribution < 1.29 is 0 Å². The molecule has 0 saturated heterocycles. The van der Waals surface area contributed by atoms with Crippen molar-refractivity contribution in [2.24, 2.45) is 0 Å². The smallest absolute Gasteiger partial charge is 0.0488 e. The number of thioether (sulfide) groups is 1. The minimum Gasteiger partial charge on any atom is -0.339 e. The van der Waals surface area contributed by atoms with E-state index < -0.39 is 0 Å². The minimum absolute atomic E-state index is 0.635. The molecule has 3 heteroatoms. The Kier molecular flexibility index (Phi) is 4.94. The van der Waals surface area contributed by atoms with Gasteiger partial charge in [-0.3, -0.25) is 0 Å². The predicted octanol–water partition coefficient (Wildman–Crippen LogP) is 4.50. The molecular weight excluding hydrogens is 288 g/mol. The van der Waals surface area contributed by atoms with Crippen LogP contribution in [0, 0.1) is 0 Å². The van der Waals surface area contributed by atoms with Crippen LogP contribution in [0.2, 0.25) is 0 Å². The molecule has 2 heterocycles. The van der Waals surface area contributed by atoms with E-state index in [1.807, 2.05) is 6.08 Å². The monoisotopic (exact) mass is 314 g/mol. The van der Waals surface area contributed by atoms with Crippen LogP contribution < -0.4 is 0 Å². The van der Waals surface area contributed by atoms with Crippen molar-refractivity contribution in [3.63, 3.8) is 0 Å². The Morgan fingerprint density at radius 3 is 2.95 bits per heavy atom. The number of benzene rings is 1. The number of fused-ring (bicyclic) bond motifs is 3. The fourth-order valence-corrected chi connectivity index (χ4v) is 4.91. The second kappa shape index (κ2) is 6.93. The molecule has 2 aromatic rings. The Morgan fingerprint density at radius 1 is 1.36 bits per heavy atom. The predicted molar refractivity (Wildman–Crippen MR) is 98.8 cm³/mol. The van der Waals surface area contributed by atoms with Crippen molar-refractivity contribution in [3.05, 3.63) is 48.2 Å². The first-order valence-corrected chi connectivity index (χ1v) is 9.24. The van der Waals surface area contributed by atoms with Gasteiger partial charge in [-0.1, -0.05) is 24.3 Å². The summed E-state index contributed by atoms with van der Waals surface area (Å²) < 4.78 is 2.50. The third kappa shape index (κ3) is 2.97. The number of hydrogen-bond acceptors (Lipinski definition) is 2. The van der Waals surface area contributed by atoms with Gasteiger partial charge in [-0.2, -0.15) is 11.8 Å². The van der Waals surface area contributed by atoms with Gasteiger partial charge < -0.3 is 9.47 Å². The molecule has 2 nitrogen and oxygen atoms in total. The molecule has 1 unspecified atom stereocenters. The Hall–Kier alpha value is -1.19. The van der Waals surface area contributed by atoms with Gasteiger partial charge in [-0.05, 0) is 57.3 Å². The fourth-order valence-electron chi connectivity index (χ4n) is 3.55. The van der Waals surface area contributed by atoms with E-state index >= 15 is 0 Å². The molecule has 0 amide bonds. The number of para-hydroxylation sites is 1. The first-order chi connectivity index (χ1) is 10.7. The molecule has 0 fully saturated rings. The molecule has 0 aliphatic carbocycles. The van der Waals surface area contributed by atoms with E-state index in [9.17, 15) is 0 Å². The molecule has 22 heavy (non-hydrogen) atoms. The quantitative estimate of drug-likeness (QED) is 0.725. The van der Waals surface area contributed by atoms with Crippen LogP contribution >= 0.6 is 11.8 Å². The first-order valence-electron chi connectivity index (χ1n) is 8.19. The average molecular weight is 314 g/mol. The Morgan fingerprint density at radius 2 is 2.18 bits per heavy atom. The molecule has 3 rings (SSSR count). The van der Waals surface area contributed by atoms with Gasteiger partial charge in [0.1, 0.15) is 0 Å². The Bertz CT molecular complexity index is 657. The number of allylic oxidation sites excluding steroid dienone is 1. The molecule has 1 atom stereocenters. The summed E-state index contributed by atoms with van der Waals surface area (Å²) in [7, 11) is 4.32. The highest BCUT2D eigenvalue weighted by Crippen LogP contribution is 2.44. The zero-order valence-electron chi connectivity index (χ0n) is 13.7. The van der Waals surface area contributed by atoms with E-state index in [-0.39, 0.29) is 0 Å². The van der Waals surface area contributed by atoms with Crippen LogP contribution in [0.5, 0.6) is 0 Å². The zero-order chi connectivity index (χ0) is 15.5. The molecule has 0 saturated carbocycles. The lowest BCUT2D eigenvalue weighted by Gasteiger charge is -2.25.